The molecule has 0 spiro atoms. The van der Waals surface area contributed by atoms with Crippen molar-refractivity contribution in [2.75, 3.05) is 0 Å². The molecule has 0 aliphatic carbocycles. The lowest BCUT2D eigenvalue weighted by Gasteiger charge is -2.02. The maximum absolute atomic E-state index is 11.0. The summed E-state index contributed by atoms with van der Waals surface area (Å²) >= 11 is 16.9. The molecule has 0 N–H and O–H groups in total. The standard InChI is InChI=1S/C8H10Br2Cl2O2/c9-7(11)5(13)3-1-2-4-6(14)8(10)12/h7-8H,1-4H2. The van der Waals surface area contributed by atoms with Gasteiger partial charge in [0.1, 0.15) is 8.57 Å². The average molecular weight is 369 g/mol. The fourth-order valence-electron chi connectivity index (χ4n) is 0.817. The molecule has 0 radical (unpaired) electrons. The molecule has 0 aliphatic heterocycles. The van der Waals surface area contributed by atoms with Crippen molar-refractivity contribution in [1.29, 1.82) is 0 Å². The van der Waals surface area contributed by atoms with Gasteiger partial charge in [0.15, 0.2) is 11.6 Å². The van der Waals surface area contributed by atoms with Gasteiger partial charge in [-0.15, -0.1) is 23.2 Å². The SMILES string of the molecule is O=C(CCCCC(=O)C(Cl)Br)C(Cl)Br. The van der Waals surface area contributed by atoms with Crippen molar-refractivity contribution in [3.05, 3.63) is 0 Å². The second-order valence-corrected chi connectivity index (χ2v) is 6.50. The number of halogens is 4. The van der Waals surface area contributed by atoms with E-state index in [0.717, 1.165) is 0 Å². The van der Waals surface area contributed by atoms with Crippen LogP contribution in [-0.2, 0) is 9.59 Å². The van der Waals surface area contributed by atoms with Crippen LogP contribution < -0.4 is 0 Å². The van der Waals surface area contributed by atoms with Crippen LogP contribution in [0.1, 0.15) is 25.7 Å². The molecule has 0 aromatic heterocycles. The second kappa shape index (κ2) is 8.08. The fourth-order valence-corrected chi connectivity index (χ4v) is 1.49. The van der Waals surface area contributed by atoms with Crippen molar-refractivity contribution in [1.82, 2.24) is 0 Å². The smallest absolute Gasteiger partial charge is 0.161 e. The van der Waals surface area contributed by atoms with Crippen molar-refractivity contribution in [3.63, 3.8) is 0 Å². The van der Waals surface area contributed by atoms with E-state index in [1.807, 2.05) is 0 Å². The Bertz CT molecular complexity index is 186. The quantitative estimate of drug-likeness (QED) is 0.508. The number of alkyl halides is 4. The van der Waals surface area contributed by atoms with Gasteiger partial charge in [-0.3, -0.25) is 9.59 Å². The highest BCUT2D eigenvalue weighted by Crippen LogP contribution is 2.14. The third-order valence-electron chi connectivity index (χ3n) is 1.58. The number of Topliss-reactive ketones (excluding diaryl/α,β-unsaturated/α-hetero) is 2. The lowest BCUT2D eigenvalue weighted by atomic mass is 10.1. The number of carbonyl (C=O) groups is 2. The van der Waals surface area contributed by atoms with E-state index in [2.05, 4.69) is 31.9 Å². The Balaban J connectivity index is 3.48. The third-order valence-corrected chi connectivity index (χ3v) is 3.09. The second-order valence-electron chi connectivity index (χ2n) is 2.74. The molecule has 0 bridgehead atoms. The molecule has 0 saturated heterocycles. The normalized spacial score (nSPS) is 14.9. The fraction of sp³-hybridized carbons (Fsp3) is 0.750. The molecule has 0 aliphatic rings. The van der Waals surface area contributed by atoms with E-state index in [9.17, 15) is 9.59 Å². The van der Waals surface area contributed by atoms with Gasteiger partial charge < -0.3 is 0 Å². The largest absolute Gasteiger partial charge is 0.297 e. The summed E-state index contributed by atoms with van der Waals surface area (Å²) in [7, 11) is 0. The molecule has 14 heavy (non-hydrogen) atoms. The molecule has 0 aromatic carbocycles. The Morgan fingerprint density at radius 3 is 1.43 bits per heavy atom. The maximum atomic E-state index is 11.0. The van der Waals surface area contributed by atoms with Gasteiger partial charge in [0.05, 0.1) is 0 Å². The van der Waals surface area contributed by atoms with Crippen LogP contribution >= 0.6 is 55.1 Å². The number of hydrogen-bond donors (Lipinski definition) is 0. The lowest BCUT2D eigenvalue weighted by molar-refractivity contribution is -0.119. The zero-order valence-corrected chi connectivity index (χ0v) is 12.0. The van der Waals surface area contributed by atoms with Crippen molar-refractivity contribution in [3.8, 4) is 0 Å². The number of ketones is 2. The topological polar surface area (TPSA) is 34.1 Å². The molecule has 82 valence electrons. The van der Waals surface area contributed by atoms with Gasteiger partial charge in [0.25, 0.3) is 0 Å². The number of hydrogen-bond acceptors (Lipinski definition) is 2. The van der Waals surface area contributed by atoms with Gasteiger partial charge in [0.2, 0.25) is 0 Å². The summed E-state index contributed by atoms with van der Waals surface area (Å²) in [5, 5.41) is 0. The highest BCUT2D eigenvalue weighted by molar-refractivity contribution is 9.10. The highest BCUT2D eigenvalue weighted by atomic mass is 79.9. The highest BCUT2D eigenvalue weighted by Gasteiger charge is 2.12. The maximum Gasteiger partial charge on any atom is 0.161 e. The van der Waals surface area contributed by atoms with Gasteiger partial charge in [-0.2, -0.15) is 0 Å². The Kier molecular flexibility index (Phi) is 8.59. The first kappa shape index (κ1) is 14.9. The molecule has 2 nitrogen and oxygen atoms in total. The zero-order valence-electron chi connectivity index (χ0n) is 7.31. The van der Waals surface area contributed by atoms with E-state index in [-0.39, 0.29) is 11.6 Å². The monoisotopic (exact) mass is 366 g/mol. The minimum absolute atomic E-state index is 0.0552. The first-order valence-electron chi connectivity index (χ1n) is 4.07. The van der Waals surface area contributed by atoms with Crippen molar-refractivity contribution in [2.24, 2.45) is 0 Å². The summed E-state index contributed by atoms with van der Waals surface area (Å²) in [6.45, 7) is 0. The van der Waals surface area contributed by atoms with Gasteiger partial charge in [0, 0.05) is 12.8 Å². The molecule has 0 heterocycles. The molecule has 0 saturated carbocycles. The molecule has 2 unspecified atom stereocenters. The summed E-state index contributed by atoms with van der Waals surface area (Å²) in [6.07, 6.45) is 2.11. The van der Waals surface area contributed by atoms with Crippen LogP contribution in [-0.4, -0.2) is 20.1 Å². The Morgan fingerprint density at radius 2 is 1.21 bits per heavy atom. The molecular formula is C8H10Br2Cl2O2. The van der Waals surface area contributed by atoms with E-state index in [4.69, 9.17) is 23.2 Å². The first-order valence-corrected chi connectivity index (χ1v) is 6.77. The molecule has 2 atom stereocenters. The summed E-state index contributed by atoms with van der Waals surface area (Å²) in [6, 6.07) is 0. The van der Waals surface area contributed by atoms with Gasteiger partial charge >= 0.3 is 0 Å². The summed E-state index contributed by atoms with van der Waals surface area (Å²) in [5.41, 5.74) is 0. The summed E-state index contributed by atoms with van der Waals surface area (Å²) < 4.78 is -1.23. The average Bonchev–Trinajstić information content (AvgIpc) is 2.11. The number of carbonyl (C=O) groups excluding carboxylic acids is 2. The molecule has 6 heteroatoms. The van der Waals surface area contributed by atoms with Crippen LogP contribution in [0.5, 0.6) is 0 Å². The van der Waals surface area contributed by atoms with E-state index < -0.39 is 8.57 Å². The van der Waals surface area contributed by atoms with Crippen LogP contribution in [0.4, 0.5) is 0 Å². The van der Waals surface area contributed by atoms with Gasteiger partial charge in [-0.25, -0.2) is 0 Å². The zero-order chi connectivity index (χ0) is 11.1. The molecule has 0 fully saturated rings. The van der Waals surface area contributed by atoms with Crippen molar-refractivity contribution in [2.45, 2.75) is 34.3 Å². The summed E-state index contributed by atoms with van der Waals surface area (Å²) in [5.74, 6) is -0.110. The van der Waals surface area contributed by atoms with Gasteiger partial charge in [-0.1, -0.05) is 31.9 Å². The summed E-state index contributed by atoms with van der Waals surface area (Å²) in [4.78, 5) is 22.0. The Morgan fingerprint density at radius 1 is 0.929 bits per heavy atom. The van der Waals surface area contributed by atoms with Crippen LogP contribution in [0.15, 0.2) is 0 Å². The van der Waals surface area contributed by atoms with Crippen LogP contribution in [0.25, 0.3) is 0 Å². The number of rotatable bonds is 7. The van der Waals surface area contributed by atoms with Crippen molar-refractivity contribution >= 4 is 66.6 Å². The Labute approximate surface area is 110 Å². The van der Waals surface area contributed by atoms with E-state index in [1.165, 1.54) is 0 Å². The molecule has 0 rings (SSSR count). The van der Waals surface area contributed by atoms with E-state index in [0.29, 0.717) is 25.7 Å². The van der Waals surface area contributed by atoms with E-state index >= 15 is 0 Å². The van der Waals surface area contributed by atoms with E-state index in [1.54, 1.807) is 0 Å². The van der Waals surface area contributed by atoms with Crippen LogP contribution in [0, 0.1) is 0 Å². The minimum atomic E-state index is -0.616. The number of unbranched alkanes of at least 4 members (excludes halogenated alkanes) is 1. The molecular weight excluding hydrogens is 359 g/mol. The van der Waals surface area contributed by atoms with Crippen LogP contribution in [0.3, 0.4) is 0 Å². The molecule has 0 aromatic rings. The van der Waals surface area contributed by atoms with Crippen molar-refractivity contribution < 1.29 is 9.59 Å². The predicted molar refractivity (Wildman–Crippen MR) is 65.6 cm³/mol. The van der Waals surface area contributed by atoms with Crippen LogP contribution in [0.2, 0.25) is 0 Å². The third kappa shape index (κ3) is 7.21. The van der Waals surface area contributed by atoms with Gasteiger partial charge in [-0.05, 0) is 12.8 Å². The lowest BCUT2D eigenvalue weighted by Crippen LogP contribution is -2.09. The first-order chi connectivity index (χ1) is 6.45. The minimum Gasteiger partial charge on any atom is -0.297 e. The predicted octanol–water partition coefficient (Wildman–Crippen LogP) is 3.60. The Hall–Kier alpha value is 0.880. The molecule has 0 amide bonds.